The Morgan fingerprint density at radius 1 is 0.625 bits per heavy atom. The molecule has 0 saturated heterocycles. The molecule has 48 heavy (non-hydrogen) atoms. The molecule has 0 heterocycles. The normalized spacial score (nSPS) is 9.60. The van der Waals surface area contributed by atoms with Crippen LogP contribution in [0.25, 0.3) is 6.08 Å². The first kappa shape index (κ1) is 38.2. The van der Waals surface area contributed by atoms with Gasteiger partial charge in [0, 0.05) is 27.8 Å². The predicted octanol–water partition coefficient (Wildman–Crippen LogP) is 5.11. The standard InChI is InChI=1S/C19H14O3.C11H7ClO.C8H9BO4/c1-22-19(21)18-12-10-16(11-13-18)5-3-2-4-15-6-8-17(14-20)9-7-15;12-8-2-1-3-10-4-6-11(9-13)7-5-10;1-13-8(10)6-2-4-7(5-3-6)9(11)12/h3,5-14H,1H3;2,4-9H;2-5,11-12H,1H3/b5-3+;8-2+;. The van der Waals surface area contributed by atoms with Gasteiger partial charge in [0.15, 0.2) is 0 Å². The topological polar surface area (TPSA) is 127 Å². The van der Waals surface area contributed by atoms with Crippen LogP contribution >= 0.6 is 11.6 Å². The van der Waals surface area contributed by atoms with Gasteiger partial charge in [0.1, 0.15) is 12.6 Å². The van der Waals surface area contributed by atoms with Gasteiger partial charge in [-0.3, -0.25) is 9.59 Å². The molecule has 0 atom stereocenters. The Bertz CT molecular complexity index is 1820. The summed E-state index contributed by atoms with van der Waals surface area (Å²) in [5.41, 5.74) is 6.52. The molecular weight excluding hydrogens is 631 g/mol. The van der Waals surface area contributed by atoms with Gasteiger partial charge in [0.05, 0.1) is 25.3 Å². The summed E-state index contributed by atoms with van der Waals surface area (Å²) >= 11 is 5.29. The van der Waals surface area contributed by atoms with E-state index in [1.54, 1.807) is 72.8 Å². The Morgan fingerprint density at radius 3 is 1.40 bits per heavy atom. The first-order chi connectivity index (χ1) is 23.2. The minimum Gasteiger partial charge on any atom is -0.465 e. The molecule has 0 aliphatic heterocycles. The highest BCUT2D eigenvalue weighted by atomic mass is 35.5. The average molecular weight is 661 g/mol. The zero-order chi connectivity index (χ0) is 35.1. The van der Waals surface area contributed by atoms with Gasteiger partial charge < -0.3 is 19.5 Å². The molecule has 0 fully saturated rings. The van der Waals surface area contributed by atoms with Crippen molar-refractivity contribution in [3.05, 3.63) is 154 Å². The van der Waals surface area contributed by atoms with Gasteiger partial charge in [0.25, 0.3) is 0 Å². The quantitative estimate of drug-likeness (QED) is 0.127. The molecule has 0 amide bonds. The van der Waals surface area contributed by atoms with Gasteiger partial charge in [-0.15, -0.1) is 0 Å². The zero-order valence-electron chi connectivity index (χ0n) is 26.0. The summed E-state index contributed by atoms with van der Waals surface area (Å²) in [6.07, 6.45) is 6.74. The van der Waals surface area contributed by atoms with Crippen LogP contribution in [0.2, 0.25) is 0 Å². The third-order valence-electron chi connectivity index (χ3n) is 5.99. The van der Waals surface area contributed by atoms with Crippen molar-refractivity contribution in [3.8, 4) is 23.7 Å². The molecular formula is C38H30BClO8. The number of allylic oxidation sites excluding steroid dienone is 2. The van der Waals surface area contributed by atoms with E-state index in [9.17, 15) is 19.2 Å². The van der Waals surface area contributed by atoms with Crippen LogP contribution in [-0.2, 0) is 9.47 Å². The Hall–Kier alpha value is -5.97. The van der Waals surface area contributed by atoms with Crippen molar-refractivity contribution in [1.29, 1.82) is 0 Å². The number of halogens is 1. The number of methoxy groups -OCH3 is 2. The molecule has 0 unspecified atom stereocenters. The summed E-state index contributed by atoms with van der Waals surface area (Å²) in [5, 5.41) is 17.5. The third-order valence-corrected chi connectivity index (χ3v) is 6.12. The van der Waals surface area contributed by atoms with Crippen LogP contribution in [0, 0.1) is 23.7 Å². The SMILES string of the molecule is COC(=O)c1ccc(/C=C/C#Cc2ccc(C=O)cc2)cc1.COC(=O)c1ccc(B(O)O)cc1.O=Cc1ccc(C#C/C=C/Cl)cc1. The van der Waals surface area contributed by atoms with Crippen molar-refractivity contribution in [2.75, 3.05) is 14.2 Å². The number of benzene rings is 4. The molecule has 0 radical (unpaired) electrons. The van der Waals surface area contributed by atoms with E-state index in [4.69, 9.17) is 21.6 Å². The Kier molecular flexibility index (Phi) is 17.3. The minimum absolute atomic E-state index is 0.340. The molecule has 0 aromatic heterocycles. The molecule has 2 N–H and O–H groups in total. The van der Waals surface area contributed by atoms with E-state index in [1.807, 2.05) is 18.2 Å². The average Bonchev–Trinajstić information content (AvgIpc) is 3.14. The second kappa shape index (κ2) is 21.7. The lowest BCUT2D eigenvalue weighted by atomic mass is 9.80. The van der Waals surface area contributed by atoms with Gasteiger partial charge >= 0.3 is 19.1 Å². The highest BCUT2D eigenvalue weighted by Crippen LogP contribution is 2.07. The second-order valence-electron chi connectivity index (χ2n) is 9.25. The Morgan fingerprint density at radius 2 is 1.02 bits per heavy atom. The van der Waals surface area contributed by atoms with Crippen molar-refractivity contribution in [3.63, 3.8) is 0 Å². The maximum absolute atomic E-state index is 11.3. The fraction of sp³-hybridized carbons (Fsp3) is 0.0526. The first-order valence-electron chi connectivity index (χ1n) is 14.0. The molecule has 0 aliphatic carbocycles. The lowest BCUT2D eigenvalue weighted by molar-refractivity contribution is 0.0592. The third kappa shape index (κ3) is 14.0. The van der Waals surface area contributed by atoms with E-state index in [1.165, 1.54) is 44.0 Å². The fourth-order valence-electron chi connectivity index (χ4n) is 3.47. The highest BCUT2D eigenvalue weighted by Gasteiger charge is 2.11. The smallest absolute Gasteiger partial charge is 0.465 e. The Labute approximate surface area is 284 Å². The maximum atomic E-state index is 11.3. The molecule has 0 bridgehead atoms. The fourth-order valence-corrected chi connectivity index (χ4v) is 3.53. The highest BCUT2D eigenvalue weighted by molar-refractivity contribution is 6.58. The summed E-state index contributed by atoms with van der Waals surface area (Å²) in [4.78, 5) is 43.1. The lowest BCUT2D eigenvalue weighted by Gasteiger charge is -2.01. The summed E-state index contributed by atoms with van der Waals surface area (Å²) in [7, 11) is 1.14. The van der Waals surface area contributed by atoms with Crippen LogP contribution in [0.5, 0.6) is 0 Å². The minimum atomic E-state index is -1.51. The van der Waals surface area contributed by atoms with Gasteiger partial charge in [-0.1, -0.05) is 83.8 Å². The van der Waals surface area contributed by atoms with Gasteiger partial charge in [0.2, 0.25) is 0 Å². The van der Waals surface area contributed by atoms with E-state index in [2.05, 4.69) is 33.2 Å². The van der Waals surface area contributed by atoms with E-state index in [0.29, 0.717) is 27.7 Å². The largest absolute Gasteiger partial charge is 0.488 e. The summed E-state index contributed by atoms with van der Waals surface area (Å²) in [6.45, 7) is 0. The van der Waals surface area contributed by atoms with Gasteiger partial charge in [-0.2, -0.15) is 0 Å². The number of ether oxygens (including phenoxy) is 2. The number of hydrogen-bond donors (Lipinski definition) is 2. The Balaban J connectivity index is 0.000000266. The zero-order valence-corrected chi connectivity index (χ0v) is 26.8. The van der Waals surface area contributed by atoms with E-state index < -0.39 is 13.1 Å². The molecule has 0 spiro atoms. The van der Waals surface area contributed by atoms with Crippen molar-refractivity contribution >= 4 is 54.8 Å². The number of hydrogen-bond acceptors (Lipinski definition) is 8. The van der Waals surface area contributed by atoms with Crippen molar-refractivity contribution in [2.45, 2.75) is 0 Å². The second-order valence-corrected chi connectivity index (χ2v) is 9.50. The maximum Gasteiger partial charge on any atom is 0.488 e. The van der Waals surface area contributed by atoms with Crippen LogP contribution in [0.1, 0.15) is 58.1 Å². The van der Waals surface area contributed by atoms with Crippen LogP contribution < -0.4 is 5.46 Å². The van der Waals surface area contributed by atoms with Gasteiger partial charge in [-0.25, -0.2) is 9.59 Å². The molecule has 4 aromatic carbocycles. The first-order valence-corrected chi connectivity index (χ1v) is 14.5. The monoisotopic (exact) mass is 660 g/mol. The molecule has 8 nitrogen and oxygen atoms in total. The summed E-state index contributed by atoms with van der Waals surface area (Å²) in [5.74, 6) is 10.7. The predicted molar refractivity (Wildman–Crippen MR) is 187 cm³/mol. The van der Waals surface area contributed by atoms with Crippen molar-refractivity contribution in [1.82, 2.24) is 0 Å². The number of esters is 2. The van der Waals surface area contributed by atoms with Crippen LogP contribution in [0.3, 0.4) is 0 Å². The molecule has 0 aliphatic rings. The number of carbonyl (C=O) groups excluding carboxylic acids is 4. The van der Waals surface area contributed by atoms with E-state index in [0.717, 1.165) is 29.3 Å². The van der Waals surface area contributed by atoms with Crippen LogP contribution in [-0.4, -0.2) is 55.9 Å². The lowest BCUT2D eigenvalue weighted by Crippen LogP contribution is -2.29. The van der Waals surface area contributed by atoms with Crippen molar-refractivity contribution < 1.29 is 38.7 Å². The number of carbonyl (C=O) groups is 4. The number of rotatable bonds is 6. The molecule has 0 saturated carbocycles. The van der Waals surface area contributed by atoms with Gasteiger partial charge in [-0.05, 0) is 77.8 Å². The molecule has 4 aromatic rings. The van der Waals surface area contributed by atoms with E-state index >= 15 is 0 Å². The van der Waals surface area contributed by atoms with Crippen molar-refractivity contribution in [2.24, 2.45) is 0 Å². The molecule has 10 heteroatoms. The van der Waals surface area contributed by atoms with E-state index in [-0.39, 0.29) is 5.97 Å². The van der Waals surface area contributed by atoms with Crippen LogP contribution in [0.4, 0.5) is 0 Å². The number of aldehydes is 2. The summed E-state index contributed by atoms with van der Waals surface area (Å²) in [6, 6.07) is 27.0. The molecule has 240 valence electrons. The molecule has 4 rings (SSSR count). The van der Waals surface area contributed by atoms with Crippen LogP contribution in [0.15, 0.2) is 115 Å². The summed E-state index contributed by atoms with van der Waals surface area (Å²) < 4.78 is 9.11.